The van der Waals surface area contributed by atoms with E-state index in [2.05, 4.69) is 15.9 Å². The van der Waals surface area contributed by atoms with Crippen LogP contribution in [0.3, 0.4) is 0 Å². The molecule has 17 heavy (non-hydrogen) atoms. The Morgan fingerprint density at radius 1 is 1.59 bits per heavy atom. The number of benzene rings is 1. The molecule has 96 valence electrons. The van der Waals surface area contributed by atoms with E-state index in [0.29, 0.717) is 12.2 Å². The van der Waals surface area contributed by atoms with Crippen molar-refractivity contribution in [2.45, 2.75) is 19.4 Å². The number of carbonyl (C=O) groups excluding carboxylic acids is 1. The number of halogens is 3. The molecule has 0 saturated carbocycles. The highest BCUT2D eigenvalue weighted by atomic mass is 79.9. The summed E-state index contributed by atoms with van der Waals surface area (Å²) >= 11 is 3.22. The lowest BCUT2D eigenvalue weighted by atomic mass is 10.0. The van der Waals surface area contributed by atoms with Gasteiger partial charge in [-0.05, 0) is 25.1 Å². The minimum absolute atomic E-state index is 0. The standard InChI is InChI=1S/C11H13BrFNO2.ClH/c1-2-16-11(15)6-10(14)8-5-7(12)3-4-9(8)13;/h3-5,10H,2,6,14H2,1H3;1H/t10-;/m1./s1. The molecule has 0 amide bonds. The lowest BCUT2D eigenvalue weighted by Crippen LogP contribution is -2.18. The smallest absolute Gasteiger partial charge is 0.307 e. The van der Waals surface area contributed by atoms with E-state index in [4.69, 9.17) is 10.5 Å². The van der Waals surface area contributed by atoms with Crippen LogP contribution >= 0.6 is 28.3 Å². The zero-order valence-electron chi connectivity index (χ0n) is 9.28. The normalized spacial score (nSPS) is 11.5. The molecule has 0 unspecified atom stereocenters. The summed E-state index contributed by atoms with van der Waals surface area (Å²) in [7, 11) is 0. The van der Waals surface area contributed by atoms with Gasteiger partial charge in [-0.25, -0.2) is 4.39 Å². The maximum atomic E-state index is 13.4. The summed E-state index contributed by atoms with van der Waals surface area (Å²) in [6.07, 6.45) is -0.0266. The SMILES string of the molecule is CCOC(=O)C[C@@H](N)c1cc(Br)ccc1F.Cl. The van der Waals surface area contributed by atoms with Crippen LogP contribution < -0.4 is 5.73 Å². The molecule has 0 aliphatic carbocycles. The fourth-order valence-electron chi connectivity index (χ4n) is 1.31. The second-order valence-electron chi connectivity index (χ2n) is 3.28. The summed E-state index contributed by atoms with van der Waals surface area (Å²) in [6.45, 7) is 2.01. The van der Waals surface area contributed by atoms with Crippen molar-refractivity contribution in [3.05, 3.63) is 34.1 Å². The molecule has 1 rings (SSSR count). The van der Waals surface area contributed by atoms with E-state index in [1.165, 1.54) is 6.07 Å². The Hall–Kier alpha value is -0.650. The molecular formula is C11H14BrClFNO2. The fraction of sp³-hybridized carbons (Fsp3) is 0.364. The van der Waals surface area contributed by atoms with Crippen molar-refractivity contribution < 1.29 is 13.9 Å². The lowest BCUT2D eigenvalue weighted by molar-refractivity contribution is -0.143. The maximum Gasteiger partial charge on any atom is 0.307 e. The third kappa shape index (κ3) is 5.02. The topological polar surface area (TPSA) is 52.3 Å². The van der Waals surface area contributed by atoms with Crippen LogP contribution in [0.5, 0.6) is 0 Å². The molecule has 0 fully saturated rings. The molecule has 0 saturated heterocycles. The second-order valence-corrected chi connectivity index (χ2v) is 4.20. The number of hydrogen-bond acceptors (Lipinski definition) is 3. The van der Waals surface area contributed by atoms with Crippen LogP contribution in [0.4, 0.5) is 4.39 Å². The van der Waals surface area contributed by atoms with Crippen molar-refractivity contribution in [2.24, 2.45) is 5.73 Å². The summed E-state index contributed by atoms with van der Waals surface area (Å²) in [5, 5.41) is 0. The first-order valence-electron chi connectivity index (χ1n) is 4.90. The Morgan fingerprint density at radius 3 is 2.82 bits per heavy atom. The first kappa shape index (κ1) is 16.4. The molecule has 0 bridgehead atoms. The van der Waals surface area contributed by atoms with E-state index in [9.17, 15) is 9.18 Å². The summed E-state index contributed by atoms with van der Waals surface area (Å²) in [4.78, 5) is 11.2. The van der Waals surface area contributed by atoms with Crippen LogP contribution in [0.1, 0.15) is 24.9 Å². The summed E-state index contributed by atoms with van der Waals surface area (Å²) < 4.78 is 18.9. The monoisotopic (exact) mass is 325 g/mol. The van der Waals surface area contributed by atoms with Crippen molar-refractivity contribution >= 4 is 34.3 Å². The Kier molecular flexibility index (Phi) is 7.34. The van der Waals surface area contributed by atoms with Gasteiger partial charge in [0.25, 0.3) is 0 Å². The number of hydrogen-bond donors (Lipinski definition) is 1. The maximum absolute atomic E-state index is 13.4. The summed E-state index contributed by atoms with van der Waals surface area (Å²) in [5.74, 6) is -0.839. The van der Waals surface area contributed by atoms with Gasteiger partial charge in [0.05, 0.1) is 13.0 Å². The molecule has 0 aliphatic heterocycles. The molecule has 6 heteroatoms. The van der Waals surface area contributed by atoms with E-state index in [-0.39, 0.29) is 18.8 Å². The van der Waals surface area contributed by atoms with Crippen LogP contribution in [0, 0.1) is 5.82 Å². The third-order valence-corrected chi connectivity index (χ3v) is 2.54. The van der Waals surface area contributed by atoms with Crippen molar-refractivity contribution in [3.8, 4) is 0 Å². The van der Waals surface area contributed by atoms with Gasteiger partial charge in [-0.2, -0.15) is 0 Å². The summed E-state index contributed by atoms with van der Waals surface area (Å²) in [5.41, 5.74) is 6.04. The van der Waals surface area contributed by atoms with E-state index < -0.39 is 17.8 Å². The molecule has 0 aromatic heterocycles. The molecule has 0 radical (unpaired) electrons. The predicted molar refractivity (Wildman–Crippen MR) is 69.5 cm³/mol. The molecule has 1 aromatic rings. The Morgan fingerprint density at radius 2 is 2.24 bits per heavy atom. The average Bonchev–Trinajstić information content (AvgIpc) is 2.21. The molecule has 3 nitrogen and oxygen atoms in total. The molecular weight excluding hydrogens is 312 g/mol. The van der Waals surface area contributed by atoms with Gasteiger partial charge in [-0.1, -0.05) is 15.9 Å². The molecule has 0 heterocycles. The lowest BCUT2D eigenvalue weighted by Gasteiger charge is -2.12. The van der Waals surface area contributed by atoms with Gasteiger partial charge in [-0.3, -0.25) is 4.79 Å². The van der Waals surface area contributed by atoms with E-state index in [1.54, 1.807) is 19.1 Å². The predicted octanol–water partition coefficient (Wildman–Crippen LogP) is 2.96. The van der Waals surface area contributed by atoms with Crippen molar-refractivity contribution in [1.82, 2.24) is 0 Å². The Labute approximate surface area is 114 Å². The Bertz CT molecular complexity index is 390. The number of ether oxygens (including phenoxy) is 1. The van der Waals surface area contributed by atoms with E-state index in [1.807, 2.05) is 0 Å². The molecule has 1 atom stereocenters. The van der Waals surface area contributed by atoms with Crippen LogP contribution in [0.25, 0.3) is 0 Å². The molecule has 0 aliphatic rings. The molecule has 2 N–H and O–H groups in total. The zero-order chi connectivity index (χ0) is 12.1. The van der Waals surface area contributed by atoms with Gasteiger partial charge >= 0.3 is 5.97 Å². The van der Waals surface area contributed by atoms with Gasteiger partial charge in [0.15, 0.2) is 0 Å². The van der Waals surface area contributed by atoms with Gasteiger partial charge in [0.2, 0.25) is 0 Å². The third-order valence-electron chi connectivity index (χ3n) is 2.05. The highest BCUT2D eigenvalue weighted by Gasteiger charge is 2.16. The average molecular weight is 327 g/mol. The number of rotatable bonds is 4. The van der Waals surface area contributed by atoms with Gasteiger partial charge in [0.1, 0.15) is 5.82 Å². The zero-order valence-corrected chi connectivity index (χ0v) is 11.7. The van der Waals surface area contributed by atoms with Crippen LogP contribution in [-0.2, 0) is 9.53 Å². The largest absolute Gasteiger partial charge is 0.466 e. The van der Waals surface area contributed by atoms with Gasteiger partial charge in [-0.15, -0.1) is 12.4 Å². The minimum atomic E-state index is -0.684. The second kappa shape index (κ2) is 7.63. The van der Waals surface area contributed by atoms with Crippen molar-refractivity contribution in [2.75, 3.05) is 6.61 Å². The first-order chi connectivity index (χ1) is 7.54. The van der Waals surface area contributed by atoms with Crippen LogP contribution in [-0.4, -0.2) is 12.6 Å². The van der Waals surface area contributed by atoms with Gasteiger partial charge < -0.3 is 10.5 Å². The summed E-state index contributed by atoms with van der Waals surface area (Å²) in [6, 6.07) is 3.77. The number of carbonyl (C=O) groups is 1. The number of nitrogens with two attached hydrogens (primary N) is 1. The quantitative estimate of drug-likeness (QED) is 0.866. The molecule has 0 spiro atoms. The van der Waals surface area contributed by atoms with E-state index >= 15 is 0 Å². The van der Waals surface area contributed by atoms with Crippen molar-refractivity contribution in [3.63, 3.8) is 0 Å². The highest BCUT2D eigenvalue weighted by molar-refractivity contribution is 9.10. The van der Waals surface area contributed by atoms with Crippen LogP contribution in [0.2, 0.25) is 0 Å². The Balaban J connectivity index is 0.00000256. The fourth-order valence-corrected chi connectivity index (χ4v) is 1.69. The minimum Gasteiger partial charge on any atom is -0.466 e. The van der Waals surface area contributed by atoms with E-state index in [0.717, 1.165) is 4.47 Å². The highest BCUT2D eigenvalue weighted by Crippen LogP contribution is 2.22. The van der Waals surface area contributed by atoms with Crippen LogP contribution in [0.15, 0.2) is 22.7 Å². The number of esters is 1. The van der Waals surface area contributed by atoms with Crippen molar-refractivity contribution in [1.29, 1.82) is 0 Å². The molecule has 1 aromatic carbocycles. The van der Waals surface area contributed by atoms with Gasteiger partial charge in [0, 0.05) is 16.1 Å². The first-order valence-corrected chi connectivity index (χ1v) is 5.70.